The normalized spacial score (nSPS) is 34.2. The first-order valence-corrected chi connectivity index (χ1v) is 7.31. The Morgan fingerprint density at radius 2 is 2.25 bits per heavy atom. The number of hydrogen-bond donors (Lipinski definition) is 2. The average molecular weight is 284 g/mol. The summed E-state index contributed by atoms with van der Waals surface area (Å²) in [6, 6.07) is -0.235. The van der Waals surface area contributed by atoms with E-state index in [1.807, 2.05) is 6.92 Å². The highest BCUT2D eigenvalue weighted by Gasteiger charge is 2.43. The van der Waals surface area contributed by atoms with Crippen LogP contribution in [0.3, 0.4) is 0 Å². The van der Waals surface area contributed by atoms with Crippen molar-refractivity contribution in [1.29, 1.82) is 0 Å². The molecule has 2 N–H and O–H groups in total. The average Bonchev–Trinajstić information content (AvgIpc) is 2.95. The number of carbonyl (C=O) groups excluding carboxylic acids is 1. The van der Waals surface area contributed by atoms with Crippen LogP contribution in [0.4, 0.5) is 0 Å². The number of carboxylic acids is 1. The number of amides is 1. The molecule has 2 aliphatic heterocycles. The molecule has 2 saturated heterocycles. The van der Waals surface area contributed by atoms with Crippen molar-refractivity contribution in [1.82, 2.24) is 10.2 Å². The van der Waals surface area contributed by atoms with Crippen LogP contribution in [-0.4, -0.2) is 60.8 Å². The van der Waals surface area contributed by atoms with E-state index in [2.05, 4.69) is 5.32 Å². The number of ether oxygens (including phenoxy) is 1. The summed E-state index contributed by atoms with van der Waals surface area (Å²) in [5.41, 5.74) is -0.771. The van der Waals surface area contributed by atoms with Gasteiger partial charge in [-0.2, -0.15) is 0 Å². The van der Waals surface area contributed by atoms with Crippen molar-refractivity contribution in [2.24, 2.45) is 5.41 Å². The Hall–Kier alpha value is -1.14. The van der Waals surface area contributed by atoms with Crippen molar-refractivity contribution in [2.45, 2.75) is 44.8 Å². The van der Waals surface area contributed by atoms with E-state index in [1.54, 1.807) is 12.0 Å². The highest BCUT2D eigenvalue weighted by atomic mass is 16.5. The van der Waals surface area contributed by atoms with E-state index in [4.69, 9.17) is 4.74 Å². The minimum Gasteiger partial charge on any atom is -0.481 e. The summed E-state index contributed by atoms with van der Waals surface area (Å²) in [5.74, 6) is -0.769. The Morgan fingerprint density at radius 3 is 2.80 bits per heavy atom. The third-order valence-electron chi connectivity index (χ3n) is 4.74. The zero-order valence-corrected chi connectivity index (χ0v) is 12.2. The molecule has 20 heavy (non-hydrogen) atoms. The Bertz CT molecular complexity index is 387. The van der Waals surface area contributed by atoms with Gasteiger partial charge in [0.1, 0.15) is 0 Å². The number of nitrogens with zero attached hydrogens (tertiary/aromatic N) is 1. The minimum atomic E-state index is -0.786. The third-order valence-corrected chi connectivity index (χ3v) is 4.74. The number of aliphatic carboxylic acids is 1. The van der Waals surface area contributed by atoms with Crippen molar-refractivity contribution in [3.8, 4) is 0 Å². The lowest BCUT2D eigenvalue weighted by Crippen LogP contribution is -2.53. The van der Waals surface area contributed by atoms with Gasteiger partial charge in [-0.3, -0.25) is 9.59 Å². The standard InChI is InChI=1S/C14H24N2O4/c1-3-14(13(18)19)5-4-6-16(9-14)12(17)11-7-10(20-2)8-15-11/h10-11,15H,3-9H2,1-2H3,(H,18,19). The van der Waals surface area contributed by atoms with Gasteiger partial charge in [-0.1, -0.05) is 6.92 Å². The molecule has 0 aromatic carbocycles. The molecule has 0 spiro atoms. The second-order valence-electron chi connectivity index (χ2n) is 5.86. The second kappa shape index (κ2) is 6.10. The minimum absolute atomic E-state index is 0.0170. The van der Waals surface area contributed by atoms with E-state index in [9.17, 15) is 14.7 Å². The fourth-order valence-electron chi connectivity index (χ4n) is 3.23. The monoisotopic (exact) mass is 284 g/mol. The fraction of sp³-hybridized carbons (Fsp3) is 0.857. The van der Waals surface area contributed by atoms with Gasteiger partial charge in [0.05, 0.1) is 17.6 Å². The number of methoxy groups -OCH3 is 1. The van der Waals surface area contributed by atoms with Crippen LogP contribution < -0.4 is 5.32 Å². The molecule has 2 heterocycles. The number of likely N-dealkylation sites (tertiary alicyclic amines) is 1. The Morgan fingerprint density at radius 1 is 1.50 bits per heavy atom. The molecule has 2 aliphatic rings. The van der Waals surface area contributed by atoms with Crippen molar-refractivity contribution < 1.29 is 19.4 Å². The van der Waals surface area contributed by atoms with Crippen LogP contribution in [0.2, 0.25) is 0 Å². The topological polar surface area (TPSA) is 78.9 Å². The van der Waals surface area contributed by atoms with Gasteiger partial charge in [0, 0.05) is 26.7 Å². The molecule has 0 aromatic rings. The highest BCUT2D eigenvalue weighted by Crippen LogP contribution is 2.34. The van der Waals surface area contributed by atoms with Crippen LogP contribution >= 0.6 is 0 Å². The fourth-order valence-corrected chi connectivity index (χ4v) is 3.23. The molecular formula is C14H24N2O4. The number of carboxylic acid groups (broad SMARTS) is 1. The van der Waals surface area contributed by atoms with Crippen molar-refractivity contribution in [3.05, 3.63) is 0 Å². The van der Waals surface area contributed by atoms with Crippen LogP contribution in [0.25, 0.3) is 0 Å². The van der Waals surface area contributed by atoms with E-state index in [0.29, 0.717) is 38.9 Å². The van der Waals surface area contributed by atoms with Gasteiger partial charge in [0.2, 0.25) is 5.91 Å². The molecule has 114 valence electrons. The lowest BCUT2D eigenvalue weighted by atomic mass is 9.77. The van der Waals surface area contributed by atoms with Crippen LogP contribution in [0.1, 0.15) is 32.6 Å². The molecule has 6 nitrogen and oxygen atoms in total. The van der Waals surface area contributed by atoms with Gasteiger partial charge in [-0.05, 0) is 25.7 Å². The first-order valence-electron chi connectivity index (χ1n) is 7.31. The zero-order valence-electron chi connectivity index (χ0n) is 12.2. The van der Waals surface area contributed by atoms with Crippen LogP contribution in [0.5, 0.6) is 0 Å². The molecule has 0 bridgehead atoms. The SMILES string of the molecule is CCC1(C(=O)O)CCCN(C(=O)C2CC(OC)CN2)C1. The number of hydrogen-bond acceptors (Lipinski definition) is 4. The van der Waals surface area contributed by atoms with Crippen molar-refractivity contribution in [2.75, 3.05) is 26.7 Å². The van der Waals surface area contributed by atoms with Gasteiger partial charge in [-0.25, -0.2) is 0 Å². The lowest BCUT2D eigenvalue weighted by Gasteiger charge is -2.40. The lowest BCUT2D eigenvalue weighted by molar-refractivity contribution is -0.155. The largest absolute Gasteiger partial charge is 0.481 e. The van der Waals surface area contributed by atoms with Gasteiger partial charge >= 0.3 is 5.97 Å². The maximum absolute atomic E-state index is 12.5. The molecule has 2 rings (SSSR count). The molecule has 3 atom stereocenters. The Balaban J connectivity index is 2.02. The van der Waals surface area contributed by atoms with Gasteiger partial charge < -0.3 is 20.1 Å². The van der Waals surface area contributed by atoms with Crippen LogP contribution in [-0.2, 0) is 14.3 Å². The number of rotatable bonds is 4. The molecule has 1 amide bonds. The van der Waals surface area contributed by atoms with Gasteiger partial charge in [0.25, 0.3) is 0 Å². The quantitative estimate of drug-likeness (QED) is 0.784. The smallest absolute Gasteiger partial charge is 0.311 e. The summed E-state index contributed by atoms with van der Waals surface area (Å²) in [5, 5.41) is 12.6. The van der Waals surface area contributed by atoms with E-state index in [-0.39, 0.29) is 18.1 Å². The third kappa shape index (κ3) is 2.81. The van der Waals surface area contributed by atoms with E-state index in [0.717, 1.165) is 6.42 Å². The summed E-state index contributed by atoms with van der Waals surface area (Å²) in [7, 11) is 1.65. The number of nitrogens with one attached hydrogen (secondary N) is 1. The predicted molar refractivity (Wildman–Crippen MR) is 73.4 cm³/mol. The summed E-state index contributed by atoms with van der Waals surface area (Å²) >= 11 is 0. The summed E-state index contributed by atoms with van der Waals surface area (Å²) in [4.78, 5) is 25.7. The molecule has 0 saturated carbocycles. The van der Waals surface area contributed by atoms with E-state index in [1.165, 1.54) is 0 Å². The molecular weight excluding hydrogens is 260 g/mol. The Kier molecular flexibility index (Phi) is 4.65. The first-order chi connectivity index (χ1) is 9.52. The summed E-state index contributed by atoms with van der Waals surface area (Å²) in [6.07, 6.45) is 2.71. The molecule has 3 unspecified atom stereocenters. The predicted octanol–water partition coefficient (Wildman–Crippen LogP) is 0.467. The van der Waals surface area contributed by atoms with Gasteiger partial charge in [0.15, 0.2) is 0 Å². The first kappa shape index (κ1) is 15.3. The maximum Gasteiger partial charge on any atom is 0.311 e. The number of carbonyl (C=O) groups is 2. The van der Waals surface area contributed by atoms with E-state index < -0.39 is 11.4 Å². The molecule has 6 heteroatoms. The maximum atomic E-state index is 12.5. The Labute approximate surface area is 119 Å². The van der Waals surface area contributed by atoms with Crippen molar-refractivity contribution >= 4 is 11.9 Å². The highest BCUT2D eigenvalue weighted by molar-refractivity contribution is 5.84. The molecule has 0 aromatic heterocycles. The molecule has 0 radical (unpaired) electrons. The van der Waals surface area contributed by atoms with Crippen LogP contribution in [0, 0.1) is 5.41 Å². The summed E-state index contributed by atoms with van der Waals surface area (Å²) < 4.78 is 5.25. The molecule has 2 fully saturated rings. The van der Waals surface area contributed by atoms with Crippen molar-refractivity contribution in [3.63, 3.8) is 0 Å². The van der Waals surface area contributed by atoms with Crippen LogP contribution in [0.15, 0.2) is 0 Å². The van der Waals surface area contributed by atoms with Gasteiger partial charge in [-0.15, -0.1) is 0 Å². The van der Waals surface area contributed by atoms with E-state index >= 15 is 0 Å². The second-order valence-corrected chi connectivity index (χ2v) is 5.86. The number of piperidine rings is 1. The summed E-state index contributed by atoms with van der Waals surface area (Å²) in [6.45, 7) is 3.55. The molecule has 0 aliphatic carbocycles. The zero-order chi connectivity index (χ0) is 14.8.